The molecule has 19 heavy (non-hydrogen) atoms. The highest BCUT2D eigenvalue weighted by Gasteiger charge is 2.31. The Bertz CT molecular complexity index is 599. The molecule has 0 unspecified atom stereocenters. The Morgan fingerprint density at radius 3 is 2.26 bits per heavy atom. The van der Waals surface area contributed by atoms with Gasteiger partial charge >= 0.3 is 6.18 Å². The highest BCUT2D eigenvalue weighted by atomic mass is 79.9. The maximum atomic E-state index is 12.5. The van der Waals surface area contributed by atoms with Crippen LogP contribution in [0.2, 0.25) is 5.02 Å². The van der Waals surface area contributed by atoms with Gasteiger partial charge < -0.3 is 4.74 Å². The van der Waals surface area contributed by atoms with Crippen molar-refractivity contribution in [2.24, 2.45) is 0 Å². The van der Waals surface area contributed by atoms with E-state index in [2.05, 4.69) is 15.9 Å². The Kier molecular flexibility index (Phi) is 4.06. The van der Waals surface area contributed by atoms with Crippen molar-refractivity contribution in [1.82, 2.24) is 0 Å². The van der Waals surface area contributed by atoms with Crippen molar-refractivity contribution < 1.29 is 17.9 Å². The van der Waals surface area contributed by atoms with Crippen molar-refractivity contribution in [3.8, 4) is 11.5 Å². The van der Waals surface area contributed by atoms with E-state index in [9.17, 15) is 13.2 Å². The predicted molar refractivity (Wildman–Crippen MR) is 70.7 cm³/mol. The Balaban J connectivity index is 2.30. The van der Waals surface area contributed by atoms with E-state index in [4.69, 9.17) is 16.3 Å². The van der Waals surface area contributed by atoms with E-state index in [-0.39, 0.29) is 10.8 Å². The quantitative estimate of drug-likeness (QED) is 0.653. The van der Waals surface area contributed by atoms with Gasteiger partial charge in [0.25, 0.3) is 0 Å². The lowest BCUT2D eigenvalue weighted by molar-refractivity contribution is -0.137. The molecule has 0 atom stereocenters. The SMILES string of the molecule is FC(F)(F)c1ccc(Oc2ccccc2Br)c(Cl)c1. The van der Waals surface area contributed by atoms with Crippen LogP contribution in [-0.2, 0) is 6.18 Å². The van der Waals surface area contributed by atoms with Gasteiger partial charge in [-0.2, -0.15) is 13.2 Å². The lowest BCUT2D eigenvalue weighted by Gasteiger charge is -2.11. The minimum Gasteiger partial charge on any atom is -0.455 e. The molecular weight excluding hydrogens is 344 g/mol. The van der Waals surface area contributed by atoms with Gasteiger partial charge in [0.1, 0.15) is 11.5 Å². The van der Waals surface area contributed by atoms with E-state index in [1.807, 2.05) is 0 Å². The summed E-state index contributed by atoms with van der Waals surface area (Å²) in [5, 5.41) is -0.0921. The van der Waals surface area contributed by atoms with Crippen molar-refractivity contribution >= 4 is 27.5 Å². The molecule has 0 saturated carbocycles. The zero-order chi connectivity index (χ0) is 14.0. The first-order chi connectivity index (χ1) is 8.88. The van der Waals surface area contributed by atoms with Crippen molar-refractivity contribution in [3.63, 3.8) is 0 Å². The molecule has 0 aliphatic heterocycles. The lowest BCUT2D eigenvalue weighted by atomic mass is 10.2. The van der Waals surface area contributed by atoms with E-state index in [0.29, 0.717) is 10.2 Å². The van der Waals surface area contributed by atoms with Crippen molar-refractivity contribution in [3.05, 3.63) is 57.5 Å². The summed E-state index contributed by atoms with van der Waals surface area (Å²) in [6.45, 7) is 0. The average molecular weight is 352 g/mol. The summed E-state index contributed by atoms with van der Waals surface area (Å²) < 4.78 is 43.6. The Hall–Kier alpha value is -1.20. The number of para-hydroxylation sites is 1. The predicted octanol–water partition coefficient (Wildman–Crippen LogP) is 5.91. The molecule has 0 spiro atoms. The first kappa shape index (κ1) is 14.2. The van der Waals surface area contributed by atoms with Gasteiger partial charge in [-0.3, -0.25) is 0 Å². The number of hydrogen-bond donors (Lipinski definition) is 0. The normalized spacial score (nSPS) is 11.4. The monoisotopic (exact) mass is 350 g/mol. The zero-order valence-corrected chi connectivity index (χ0v) is 11.7. The van der Waals surface area contributed by atoms with E-state index in [0.717, 1.165) is 12.1 Å². The van der Waals surface area contributed by atoms with Gasteiger partial charge in [-0.15, -0.1) is 0 Å². The van der Waals surface area contributed by atoms with Crippen LogP contribution in [0.15, 0.2) is 46.9 Å². The molecule has 0 aliphatic carbocycles. The van der Waals surface area contributed by atoms with Crippen LogP contribution in [0.4, 0.5) is 13.2 Å². The summed E-state index contributed by atoms with van der Waals surface area (Å²) in [5.41, 5.74) is -0.808. The minimum absolute atomic E-state index is 0.0921. The fourth-order valence-corrected chi connectivity index (χ4v) is 1.99. The van der Waals surface area contributed by atoms with Crippen LogP contribution in [0.25, 0.3) is 0 Å². The molecule has 0 N–H and O–H groups in total. The maximum Gasteiger partial charge on any atom is 0.416 e. The number of halogens is 5. The van der Waals surface area contributed by atoms with Crippen molar-refractivity contribution in [2.75, 3.05) is 0 Å². The van der Waals surface area contributed by atoms with Crippen LogP contribution in [0.3, 0.4) is 0 Å². The largest absolute Gasteiger partial charge is 0.455 e. The van der Waals surface area contributed by atoms with Crippen molar-refractivity contribution in [1.29, 1.82) is 0 Å². The lowest BCUT2D eigenvalue weighted by Crippen LogP contribution is -2.04. The fourth-order valence-electron chi connectivity index (χ4n) is 1.41. The summed E-state index contributed by atoms with van der Waals surface area (Å²) in [6.07, 6.45) is -4.42. The maximum absolute atomic E-state index is 12.5. The van der Waals surface area contributed by atoms with Crippen LogP contribution >= 0.6 is 27.5 Å². The molecule has 0 bridgehead atoms. The van der Waals surface area contributed by atoms with Gasteiger partial charge in [-0.25, -0.2) is 0 Å². The Morgan fingerprint density at radius 2 is 1.68 bits per heavy atom. The molecular formula is C13H7BrClF3O. The Morgan fingerprint density at radius 1 is 1.00 bits per heavy atom. The molecule has 0 amide bonds. The second-order valence-corrected chi connectivity index (χ2v) is 4.94. The highest BCUT2D eigenvalue weighted by molar-refractivity contribution is 9.10. The number of benzene rings is 2. The zero-order valence-electron chi connectivity index (χ0n) is 9.34. The summed E-state index contributed by atoms with van der Waals surface area (Å²) in [6, 6.07) is 9.95. The second kappa shape index (κ2) is 5.43. The topological polar surface area (TPSA) is 9.23 Å². The van der Waals surface area contributed by atoms with Gasteiger partial charge in [0.15, 0.2) is 0 Å². The van der Waals surface area contributed by atoms with E-state index in [1.54, 1.807) is 24.3 Å². The third-order valence-electron chi connectivity index (χ3n) is 2.32. The smallest absolute Gasteiger partial charge is 0.416 e. The molecule has 6 heteroatoms. The third-order valence-corrected chi connectivity index (χ3v) is 3.27. The molecule has 0 radical (unpaired) electrons. The molecule has 0 saturated heterocycles. The summed E-state index contributed by atoms with van der Waals surface area (Å²) in [7, 11) is 0. The van der Waals surface area contributed by atoms with Gasteiger partial charge in [-0.1, -0.05) is 23.7 Å². The fraction of sp³-hybridized carbons (Fsp3) is 0.0769. The molecule has 0 aliphatic rings. The third kappa shape index (κ3) is 3.42. The van der Waals surface area contributed by atoms with Crippen LogP contribution in [0.1, 0.15) is 5.56 Å². The number of rotatable bonds is 2. The van der Waals surface area contributed by atoms with E-state index < -0.39 is 11.7 Å². The van der Waals surface area contributed by atoms with E-state index in [1.165, 1.54) is 6.07 Å². The van der Waals surface area contributed by atoms with Gasteiger partial charge in [-0.05, 0) is 46.3 Å². The van der Waals surface area contributed by atoms with Gasteiger partial charge in [0.2, 0.25) is 0 Å². The number of hydrogen-bond acceptors (Lipinski definition) is 1. The minimum atomic E-state index is -4.42. The molecule has 0 heterocycles. The van der Waals surface area contributed by atoms with Crippen LogP contribution < -0.4 is 4.74 Å². The summed E-state index contributed by atoms with van der Waals surface area (Å²) >= 11 is 9.07. The number of alkyl halides is 3. The molecule has 100 valence electrons. The molecule has 0 fully saturated rings. The molecule has 2 rings (SSSR count). The van der Waals surface area contributed by atoms with Gasteiger partial charge in [0.05, 0.1) is 15.1 Å². The molecule has 0 aromatic heterocycles. The van der Waals surface area contributed by atoms with Crippen LogP contribution in [-0.4, -0.2) is 0 Å². The molecule has 2 aromatic carbocycles. The average Bonchev–Trinajstić information content (AvgIpc) is 2.33. The number of ether oxygens (including phenoxy) is 1. The standard InChI is InChI=1S/C13H7BrClF3O/c14-9-3-1-2-4-11(9)19-12-6-5-8(7-10(12)15)13(16,17)18/h1-7H. The summed E-state index contributed by atoms with van der Waals surface area (Å²) in [5.74, 6) is 0.644. The highest BCUT2D eigenvalue weighted by Crippen LogP contribution is 2.37. The van der Waals surface area contributed by atoms with E-state index >= 15 is 0 Å². The first-order valence-electron chi connectivity index (χ1n) is 5.17. The molecule has 1 nitrogen and oxygen atoms in total. The van der Waals surface area contributed by atoms with Crippen LogP contribution in [0.5, 0.6) is 11.5 Å². The van der Waals surface area contributed by atoms with Gasteiger partial charge in [0, 0.05) is 0 Å². The van der Waals surface area contributed by atoms with Crippen molar-refractivity contribution in [2.45, 2.75) is 6.18 Å². The van der Waals surface area contributed by atoms with Crippen LogP contribution in [0, 0.1) is 0 Å². The first-order valence-corrected chi connectivity index (χ1v) is 6.34. The Labute approximate surface area is 121 Å². The summed E-state index contributed by atoms with van der Waals surface area (Å²) in [4.78, 5) is 0. The second-order valence-electron chi connectivity index (χ2n) is 3.68. The molecule has 2 aromatic rings.